The molecule has 0 atom stereocenters. The molecular weight excluding hydrogens is 352 g/mol. The highest BCUT2D eigenvalue weighted by atomic mass is 32.2. The second-order valence-corrected chi connectivity index (χ2v) is 7.84. The van der Waals surface area contributed by atoms with E-state index in [4.69, 9.17) is 27.7 Å². The minimum Gasteiger partial charge on any atom is -0.380 e. The Morgan fingerprint density at radius 1 is 0.640 bits per heavy atom. The summed E-state index contributed by atoms with van der Waals surface area (Å²) in [4.78, 5) is 2.39. The molecule has 0 aromatic heterocycles. The van der Waals surface area contributed by atoms with Crippen molar-refractivity contribution < 1.29 is 4.74 Å². The Balaban J connectivity index is 1.56. The Kier molecular flexibility index (Phi) is 8.77. The van der Waals surface area contributed by atoms with E-state index in [1.54, 1.807) is 23.5 Å². The Labute approximate surface area is 157 Å². The number of nitrogens with two attached hydrogens (primary N) is 4. The molecule has 0 aliphatic rings. The zero-order chi connectivity index (χ0) is 18.1. The van der Waals surface area contributed by atoms with Crippen LogP contribution in [0.5, 0.6) is 0 Å². The molecule has 25 heavy (non-hydrogen) atoms. The van der Waals surface area contributed by atoms with Crippen molar-refractivity contribution in [3.05, 3.63) is 59.7 Å². The molecule has 0 radical (unpaired) electrons. The van der Waals surface area contributed by atoms with Gasteiger partial charge in [-0.05, 0) is 35.4 Å². The summed E-state index contributed by atoms with van der Waals surface area (Å²) in [6.45, 7) is 1.45. The summed E-state index contributed by atoms with van der Waals surface area (Å²) in [6, 6.07) is 16.0. The molecular formula is C18H26N4OS2. The normalized spacial score (nSPS) is 11.4. The predicted octanol–water partition coefficient (Wildman–Crippen LogP) is 2.42. The summed E-state index contributed by atoms with van der Waals surface area (Å²) in [5.74, 6) is 1.84. The van der Waals surface area contributed by atoms with Gasteiger partial charge in [-0.2, -0.15) is 0 Å². The molecule has 0 saturated heterocycles. The molecule has 0 heterocycles. The Hall–Kier alpha value is -1.06. The maximum absolute atomic E-state index is 5.68. The SMILES string of the molecule is NC(N)c1ccc(SCCOCCSc2ccc(C(N)N)cc2)cc1. The summed E-state index contributed by atoms with van der Waals surface area (Å²) in [5.41, 5.74) is 24.4. The number of benzene rings is 2. The molecule has 0 aliphatic heterocycles. The van der Waals surface area contributed by atoms with Gasteiger partial charge < -0.3 is 27.7 Å². The number of ether oxygens (including phenoxy) is 1. The Morgan fingerprint density at radius 3 is 1.32 bits per heavy atom. The molecule has 5 nitrogen and oxygen atoms in total. The van der Waals surface area contributed by atoms with Crippen LogP contribution in [0.3, 0.4) is 0 Å². The second kappa shape index (κ2) is 10.8. The summed E-state index contributed by atoms with van der Waals surface area (Å²) in [6.07, 6.45) is -0.828. The highest BCUT2D eigenvalue weighted by Crippen LogP contribution is 2.20. The van der Waals surface area contributed by atoms with E-state index in [1.165, 1.54) is 9.79 Å². The molecule has 2 aromatic rings. The van der Waals surface area contributed by atoms with Crippen molar-refractivity contribution >= 4 is 23.5 Å². The lowest BCUT2D eigenvalue weighted by atomic mass is 10.2. The lowest BCUT2D eigenvalue weighted by Gasteiger charge is -2.08. The third-order valence-electron chi connectivity index (χ3n) is 3.52. The van der Waals surface area contributed by atoms with Crippen LogP contribution in [-0.2, 0) is 4.74 Å². The first-order valence-electron chi connectivity index (χ1n) is 8.12. The van der Waals surface area contributed by atoms with Crippen molar-refractivity contribution in [2.45, 2.75) is 22.1 Å². The summed E-state index contributed by atoms with van der Waals surface area (Å²) >= 11 is 3.52. The van der Waals surface area contributed by atoms with Gasteiger partial charge in [0.05, 0.1) is 25.5 Å². The van der Waals surface area contributed by atoms with E-state index < -0.39 is 12.3 Å². The maximum atomic E-state index is 5.68. The van der Waals surface area contributed by atoms with Crippen LogP contribution < -0.4 is 22.9 Å². The van der Waals surface area contributed by atoms with Gasteiger partial charge in [0.1, 0.15) is 0 Å². The molecule has 0 aliphatic carbocycles. The van der Waals surface area contributed by atoms with E-state index in [-0.39, 0.29) is 0 Å². The topological polar surface area (TPSA) is 113 Å². The minimum atomic E-state index is -0.414. The van der Waals surface area contributed by atoms with Crippen molar-refractivity contribution in [3.63, 3.8) is 0 Å². The molecule has 0 bridgehead atoms. The second-order valence-electron chi connectivity index (χ2n) is 5.50. The van der Waals surface area contributed by atoms with Gasteiger partial charge in [0.2, 0.25) is 0 Å². The number of hydrogen-bond donors (Lipinski definition) is 4. The van der Waals surface area contributed by atoms with Gasteiger partial charge in [0.15, 0.2) is 0 Å². The van der Waals surface area contributed by atoms with Gasteiger partial charge >= 0.3 is 0 Å². The van der Waals surface area contributed by atoms with Gasteiger partial charge in [0, 0.05) is 21.3 Å². The smallest absolute Gasteiger partial charge is 0.0784 e. The van der Waals surface area contributed by atoms with Gasteiger partial charge in [-0.3, -0.25) is 0 Å². The zero-order valence-corrected chi connectivity index (χ0v) is 15.8. The minimum absolute atomic E-state index is 0.414. The molecule has 0 fully saturated rings. The fourth-order valence-corrected chi connectivity index (χ4v) is 3.64. The first kappa shape index (κ1) is 20.3. The van der Waals surface area contributed by atoms with E-state index >= 15 is 0 Å². The van der Waals surface area contributed by atoms with Crippen LogP contribution in [0, 0.1) is 0 Å². The van der Waals surface area contributed by atoms with Crippen LogP contribution in [0.4, 0.5) is 0 Å². The molecule has 7 heteroatoms. The first-order chi connectivity index (χ1) is 12.1. The van der Waals surface area contributed by atoms with Gasteiger partial charge in [-0.25, -0.2) is 0 Å². The summed E-state index contributed by atoms with van der Waals surface area (Å²) in [5, 5.41) is 0. The van der Waals surface area contributed by atoms with E-state index in [9.17, 15) is 0 Å². The number of hydrogen-bond acceptors (Lipinski definition) is 7. The molecule has 0 spiro atoms. The van der Waals surface area contributed by atoms with Gasteiger partial charge in [-0.1, -0.05) is 24.3 Å². The lowest BCUT2D eigenvalue weighted by molar-refractivity contribution is 0.167. The Bertz CT molecular complexity index is 562. The van der Waals surface area contributed by atoms with Gasteiger partial charge in [-0.15, -0.1) is 23.5 Å². The van der Waals surface area contributed by atoms with Crippen molar-refractivity contribution in [1.29, 1.82) is 0 Å². The molecule has 0 unspecified atom stereocenters. The monoisotopic (exact) mass is 378 g/mol. The van der Waals surface area contributed by atoms with Crippen LogP contribution in [0.25, 0.3) is 0 Å². The summed E-state index contributed by atoms with van der Waals surface area (Å²) in [7, 11) is 0. The number of rotatable bonds is 10. The van der Waals surface area contributed by atoms with Crippen LogP contribution in [0.2, 0.25) is 0 Å². The van der Waals surface area contributed by atoms with E-state index in [0.717, 1.165) is 35.8 Å². The largest absolute Gasteiger partial charge is 0.380 e. The predicted molar refractivity (Wildman–Crippen MR) is 107 cm³/mol. The van der Waals surface area contributed by atoms with E-state index in [1.807, 2.05) is 48.5 Å². The third kappa shape index (κ3) is 7.37. The highest BCUT2D eigenvalue weighted by molar-refractivity contribution is 7.99. The fraction of sp³-hybridized carbons (Fsp3) is 0.333. The molecule has 2 aromatic carbocycles. The lowest BCUT2D eigenvalue weighted by Crippen LogP contribution is -2.19. The Morgan fingerprint density at radius 2 is 1.00 bits per heavy atom. The first-order valence-corrected chi connectivity index (χ1v) is 10.1. The maximum Gasteiger partial charge on any atom is 0.0784 e. The highest BCUT2D eigenvalue weighted by Gasteiger charge is 2.01. The average molecular weight is 379 g/mol. The third-order valence-corrected chi connectivity index (χ3v) is 5.48. The van der Waals surface area contributed by atoms with Crippen LogP contribution in [-0.4, -0.2) is 24.7 Å². The molecule has 2 rings (SSSR count). The van der Waals surface area contributed by atoms with Crippen LogP contribution >= 0.6 is 23.5 Å². The van der Waals surface area contributed by atoms with Gasteiger partial charge in [0.25, 0.3) is 0 Å². The van der Waals surface area contributed by atoms with E-state index in [0.29, 0.717) is 0 Å². The molecule has 0 amide bonds. The quantitative estimate of drug-likeness (QED) is 0.285. The molecule has 8 N–H and O–H groups in total. The standard InChI is InChI=1S/C18H26N4OS2/c19-17(20)13-1-5-15(6-2-13)24-11-9-23-10-12-25-16-7-3-14(4-8-16)18(21)22/h1-8,17-18H,9-12,19-22H2. The molecule has 0 saturated carbocycles. The zero-order valence-electron chi connectivity index (χ0n) is 14.1. The number of thioether (sulfide) groups is 2. The van der Waals surface area contributed by atoms with Crippen molar-refractivity contribution in [2.75, 3.05) is 24.7 Å². The van der Waals surface area contributed by atoms with E-state index in [2.05, 4.69) is 0 Å². The van der Waals surface area contributed by atoms with Crippen LogP contribution in [0.1, 0.15) is 23.5 Å². The van der Waals surface area contributed by atoms with Crippen molar-refractivity contribution in [1.82, 2.24) is 0 Å². The van der Waals surface area contributed by atoms with Crippen molar-refractivity contribution in [2.24, 2.45) is 22.9 Å². The van der Waals surface area contributed by atoms with Crippen LogP contribution in [0.15, 0.2) is 58.3 Å². The summed E-state index contributed by atoms with van der Waals surface area (Å²) < 4.78 is 5.68. The molecule has 136 valence electrons. The fourth-order valence-electron chi connectivity index (χ4n) is 2.11. The average Bonchev–Trinajstić information content (AvgIpc) is 2.61. The van der Waals surface area contributed by atoms with Crippen molar-refractivity contribution in [3.8, 4) is 0 Å².